The van der Waals surface area contributed by atoms with Crippen LogP contribution in [0.25, 0.3) is 0 Å². The zero-order chi connectivity index (χ0) is 14.7. The van der Waals surface area contributed by atoms with Gasteiger partial charge in [-0.1, -0.05) is 12.8 Å². The lowest BCUT2D eigenvalue weighted by molar-refractivity contribution is 0.185. The van der Waals surface area contributed by atoms with Crippen molar-refractivity contribution < 1.29 is 4.39 Å². The minimum absolute atomic E-state index is 0.0876. The number of pyridine rings is 1. The minimum atomic E-state index is -0.299. The van der Waals surface area contributed by atoms with Gasteiger partial charge in [-0.05, 0) is 56.7 Å². The third-order valence-corrected chi connectivity index (χ3v) is 5.22. The van der Waals surface area contributed by atoms with E-state index in [1.807, 2.05) is 0 Å². The van der Waals surface area contributed by atoms with Gasteiger partial charge in [0.1, 0.15) is 5.82 Å². The summed E-state index contributed by atoms with van der Waals surface area (Å²) in [5, 5.41) is 0. The van der Waals surface area contributed by atoms with Crippen LogP contribution >= 0.6 is 0 Å². The predicted molar refractivity (Wildman–Crippen MR) is 82.3 cm³/mol. The number of halogens is 1. The van der Waals surface area contributed by atoms with Crippen LogP contribution in [0.4, 0.5) is 4.39 Å². The molecule has 4 heteroatoms. The summed E-state index contributed by atoms with van der Waals surface area (Å²) in [4.78, 5) is 6.74. The molecule has 1 saturated carbocycles. The van der Waals surface area contributed by atoms with E-state index in [1.165, 1.54) is 57.3 Å². The second-order valence-corrected chi connectivity index (χ2v) is 6.59. The van der Waals surface area contributed by atoms with Crippen molar-refractivity contribution in [3.8, 4) is 0 Å². The number of rotatable bonds is 5. The molecule has 2 unspecified atom stereocenters. The molecule has 2 atom stereocenters. The van der Waals surface area contributed by atoms with Gasteiger partial charge in [-0.15, -0.1) is 0 Å². The van der Waals surface area contributed by atoms with Crippen molar-refractivity contribution in [2.75, 3.05) is 13.1 Å². The molecule has 1 aliphatic heterocycles. The van der Waals surface area contributed by atoms with Crippen LogP contribution in [0.3, 0.4) is 0 Å². The van der Waals surface area contributed by atoms with E-state index in [-0.39, 0.29) is 11.9 Å². The SMILES string of the molecule is NC(CCN1CCCC1C1CCCC1)c1ccc(F)cn1. The first-order valence-electron chi connectivity index (χ1n) is 8.35. The highest BCUT2D eigenvalue weighted by Crippen LogP contribution is 2.35. The molecule has 2 fully saturated rings. The fraction of sp³-hybridized carbons (Fsp3) is 0.706. The smallest absolute Gasteiger partial charge is 0.141 e. The molecule has 0 aromatic carbocycles. The van der Waals surface area contributed by atoms with Gasteiger partial charge in [0.15, 0.2) is 0 Å². The van der Waals surface area contributed by atoms with E-state index in [0.717, 1.165) is 30.6 Å². The molecule has 0 radical (unpaired) electrons. The molecule has 2 N–H and O–H groups in total. The molecule has 0 amide bonds. The molecule has 1 aromatic heterocycles. The Balaban J connectivity index is 1.52. The van der Waals surface area contributed by atoms with Crippen molar-refractivity contribution in [3.63, 3.8) is 0 Å². The van der Waals surface area contributed by atoms with Crippen LogP contribution in [0, 0.1) is 11.7 Å². The van der Waals surface area contributed by atoms with Gasteiger partial charge < -0.3 is 10.6 Å². The molecule has 1 aliphatic carbocycles. The Kier molecular flexibility index (Phi) is 4.86. The molecular weight excluding hydrogens is 265 g/mol. The van der Waals surface area contributed by atoms with E-state index in [4.69, 9.17) is 5.73 Å². The summed E-state index contributed by atoms with van der Waals surface area (Å²) in [7, 11) is 0. The Hall–Kier alpha value is -1.00. The summed E-state index contributed by atoms with van der Waals surface area (Å²) in [6.07, 6.45) is 10.5. The monoisotopic (exact) mass is 291 g/mol. The molecule has 0 spiro atoms. The zero-order valence-corrected chi connectivity index (χ0v) is 12.7. The molecule has 2 aliphatic rings. The summed E-state index contributed by atoms with van der Waals surface area (Å²) in [5.41, 5.74) is 7.01. The molecule has 116 valence electrons. The lowest BCUT2D eigenvalue weighted by Gasteiger charge is -2.30. The standard InChI is InChI=1S/C17H26FN3/c18-14-7-8-16(20-12-14)15(19)9-11-21-10-3-6-17(21)13-4-1-2-5-13/h7-8,12-13,15,17H,1-6,9-11,19H2. The summed E-state index contributed by atoms with van der Waals surface area (Å²) in [6.45, 7) is 2.26. The fourth-order valence-electron chi connectivity index (χ4n) is 4.06. The van der Waals surface area contributed by atoms with Gasteiger partial charge in [-0.3, -0.25) is 4.98 Å². The number of likely N-dealkylation sites (tertiary alicyclic amines) is 1. The average molecular weight is 291 g/mol. The molecule has 21 heavy (non-hydrogen) atoms. The highest BCUT2D eigenvalue weighted by molar-refractivity contribution is 5.09. The maximum atomic E-state index is 12.9. The summed E-state index contributed by atoms with van der Waals surface area (Å²) < 4.78 is 12.9. The van der Waals surface area contributed by atoms with Gasteiger partial charge in [0.2, 0.25) is 0 Å². The van der Waals surface area contributed by atoms with Crippen LogP contribution in [0.5, 0.6) is 0 Å². The van der Waals surface area contributed by atoms with Crippen LogP contribution in [0.1, 0.15) is 56.7 Å². The van der Waals surface area contributed by atoms with Crippen molar-refractivity contribution in [1.29, 1.82) is 0 Å². The summed E-state index contributed by atoms with van der Waals surface area (Å²) in [5.74, 6) is 0.611. The van der Waals surface area contributed by atoms with E-state index >= 15 is 0 Å². The quantitative estimate of drug-likeness (QED) is 0.905. The maximum Gasteiger partial charge on any atom is 0.141 e. The first-order valence-corrected chi connectivity index (χ1v) is 8.35. The topological polar surface area (TPSA) is 42.1 Å². The van der Waals surface area contributed by atoms with Crippen LogP contribution in [-0.2, 0) is 0 Å². The van der Waals surface area contributed by atoms with E-state index in [2.05, 4.69) is 9.88 Å². The third kappa shape index (κ3) is 3.61. The normalized spacial score (nSPS) is 25.5. The fourth-order valence-corrected chi connectivity index (χ4v) is 4.06. The van der Waals surface area contributed by atoms with Gasteiger partial charge in [0.05, 0.1) is 11.9 Å². The molecule has 1 aromatic rings. The van der Waals surface area contributed by atoms with Gasteiger partial charge in [-0.25, -0.2) is 4.39 Å². The lowest BCUT2D eigenvalue weighted by atomic mass is 9.96. The Morgan fingerprint density at radius 3 is 2.76 bits per heavy atom. The molecule has 3 rings (SSSR count). The van der Waals surface area contributed by atoms with Crippen LogP contribution in [-0.4, -0.2) is 29.0 Å². The summed E-state index contributed by atoms with van der Waals surface area (Å²) in [6, 6.07) is 3.84. The van der Waals surface area contributed by atoms with Gasteiger partial charge in [0, 0.05) is 18.6 Å². The Labute approximate surface area is 126 Å². The average Bonchev–Trinajstić information content (AvgIpc) is 3.16. The Morgan fingerprint density at radius 2 is 2.05 bits per heavy atom. The van der Waals surface area contributed by atoms with Crippen LogP contribution in [0.2, 0.25) is 0 Å². The summed E-state index contributed by atoms with van der Waals surface area (Å²) >= 11 is 0. The van der Waals surface area contributed by atoms with Gasteiger partial charge >= 0.3 is 0 Å². The number of nitrogens with two attached hydrogens (primary N) is 1. The molecule has 1 saturated heterocycles. The van der Waals surface area contributed by atoms with Crippen molar-refractivity contribution in [2.45, 2.75) is 57.0 Å². The van der Waals surface area contributed by atoms with Gasteiger partial charge in [0.25, 0.3) is 0 Å². The maximum absolute atomic E-state index is 12.9. The largest absolute Gasteiger partial charge is 0.323 e. The first-order chi connectivity index (χ1) is 10.2. The highest BCUT2D eigenvalue weighted by atomic mass is 19.1. The van der Waals surface area contributed by atoms with E-state index in [1.54, 1.807) is 6.07 Å². The predicted octanol–water partition coefficient (Wildman–Crippen LogP) is 3.27. The number of hydrogen-bond acceptors (Lipinski definition) is 3. The van der Waals surface area contributed by atoms with Crippen LogP contribution in [0.15, 0.2) is 18.3 Å². The second kappa shape index (κ2) is 6.84. The van der Waals surface area contributed by atoms with Crippen molar-refractivity contribution >= 4 is 0 Å². The Bertz CT molecular complexity index is 442. The molecule has 3 nitrogen and oxygen atoms in total. The first kappa shape index (κ1) is 14.9. The number of aromatic nitrogens is 1. The van der Waals surface area contributed by atoms with Crippen molar-refractivity contribution in [1.82, 2.24) is 9.88 Å². The lowest BCUT2D eigenvalue weighted by Crippen LogP contribution is -2.36. The second-order valence-electron chi connectivity index (χ2n) is 6.59. The molecular formula is C17H26FN3. The third-order valence-electron chi connectivity index (χ3n) is 5.22. The molecule has 2 heterocycles. The van der Waals surface area contributed by atoms with E-state index in [0.29, 0.717) is 0 Å². The van der Waals surface area contributed by atoms with E-state index < -0.39 is 0 Å². The minimum Gasteiger partial charge on any atom is -0.323 e. The van der Waals surface area contributed by atoms with Gasteiger partial charge in [-0.2, -0.15) is 0 Å². The van der Waals surface area contributed by atoms with Crippen LogP contribution < -0.4 is 5.73 Å². The molecule has 0 bridgehead atoms. The Morgan fingerprint density at radius 1 is 1.24 bits per heavy atom. The van der Waals surface area contributed by atoms with Crippen molar-refractivity contribution in [2.24, 2.45) is 11.7 Å². The number of nitrogens with zero attached hydrogens (tertiary/aromatic N) is 2. The highest BCUT2D eigenvalue weighted by Gasteiger charge is 2.33. The van der Waals surface area contributed by atoms with E-state index in [9.17, 15) is 4.39 Å². The van der Waals surface area contributed by atoms with Crippen molar-refractivity contribution in [3.05, 3.63) is 29.8 Å². The number of hydrogen-bond donors (Lipinski definition) is 1. The zero-order valence-electron chi connectivity index (χ0n) is 12.7.